The van der Waals surface area contributed by atoms with Crippen LogP contribution in [0.15, 0.2) is 6.33 Å². The van der Waals surface area contributed by atoms with Crippen molar-refractivity contribution in [2.45, 2.75) is 31.9 Å². The third-order valence-electron chi connectivity index (χ3n) is 2.39. The average Bonchev–Trinajstić information content (AvgIpc) is 2.15. The largest absolute Gasteiger partial charge is 0.433 e. The Labute approximate surface area is 79.2 Å². The summed E-state index contributed by atoms with van der Waals surface area (Å²) < 4.78 is 37.5. The molecule has 0 bridgehead atoms. The van der Waals surface area contributed by atoms with Crippen molar-refractivity contribution in [1.29, 1.82) is 0 Å². The molecule has 1 aromatic rings. The van der Waals surface area contributed by atoms with Crippen LogP contribution in [0.3, 0.4) is 0 Å². The number of hydrogen-bond acceptors (Lipinski definition) is 2. The summed E-state index contributed by atoms with van der Waals surface area (Å²) in [5, 5.41) is 0. The first kappa shape index (κ1) is 9.43. The van der Waals surface area contributed by atoms with E-state index in [-0.39, 0.29) is 0 Å². The van der Waals surface area contributed by atoms with Crippen LogP contribution in [0, 0.1) is 0 Å². The lowest BCUT2D eigenvalue weighted by Gasteiger charge is -2.18. The van der Waals surface area contributed by atoms with Crippen molar-refractivity contribution in [1.82, 2.24) is 9.97 Å². The Morgan fingerprint density at radius 2 is 1.79 bits per heavy atom. The van der Waals surface area contributed by atoms with Gasteiger partial charge in [0.25, 0.3) is 0 Å². The van der Waals surface area contributed by atoms with Crippen molar-refractivity contribution in [3.05, 3.63) is 23.3 Å². The minimum atomic E-state index is -4.34. The van der Waals surface area contributed by atoms with Gasteiger partial charge in [-0.1, -0.05) is 0 Å². The lowest BCUT2D eigenvalue weighted by molar-refractivity contribution is -0.142. The Kier molecular flexibility index (Phi) is 2.17. The van der Waals surface area contributed by atoms with Gasteiger partial charge in [0.1, 0.15) is 6.33 Å². The second kappa shape index (κ2) is 3.22. The third-order valence-corrected chi connectivity index (χ3v) is 2.39. The molecule has 1 heterocycles. The number of aromatic nitrogens is 2. The molecule has 1 aliphatic carbocycles. The molecule has 2 rings (SSSR count). The highest BCUT2D eigenvalue weighted by atomic mass is 19.4. The Morgan fingerprint density at radius 3 is 2.50 bits per heavy atom. The van der Waals surface area contributed by atoms with E-state index in [1.807, 2.05) is 0 Å². The van der Waals surface area contributed by atoms with E-state index in [1.54, 1.807) is 0 Å². The fraction of sp³-hybridized carbons (Fsp3) is 0.556. The van der Waals surface area contributed by atoms with Crippen molar-refractivity contribution < 1.29 is 13.2 Å². The summed E-state index contributed by atoms with van der Waals surface area (Å²) in [4.78, 5) is 7.21. The summed E-state index contributed by atoms with van der Waals surface area (Å²) in [5.74, 6) is 0. The summed E-state index contributed by atoms with van der Waals surface area (Å²) in [6, 6.07) is 0. The first-order chi connectivity index (χ1) is 6.59. The zero-order valence-corrected chi connectivity index (χ0v) is 7.43. The Bertz CT molecular complexity index is 346. The maximum absolute atomic E-state index is 12.5. The Morgan fingerprint density at radius 1 is 1.07 bits per heavy atom. The first-order valence-electron chi connectivity index (χ1n) is 4.49. The van der Waals surface area contributed by atoms with Gasteiger partial charge in [-0.2, -0.15) is 13.2 Å². The van der Waals surface area contributed by atoms with Gasteiger partial charge >= 0.3 is 6.18 Å². The van der Waals surface area contributed by atoms with Crippen molar-refractivity contribution >= 4 is 0 Å². The molecule has 0 radical (unpaired) electrons. The van der Waals surface area contributed by atoms with Crippen LogP contribution in [0.4, 0.5) is 13.2 Å². The lowest BCUT2D eigenvalue weighted by Crippen LogP contribution is -2.17. The number of hydrogen-bond donors (Lipinski definition) is 0. The molecule has 1 aromatic heterocycles. The molecule has 0 unspecified atom stereocenters. The van der Waals surface area contributed by atoms with Crippen LogP contribution in [0.25, 0.3) is 0 Å². The highest BCUT2D eigenvalue weighted by Gasteiger charge is 2.36. The predicted molar refractivity (Wildman–Crippen MR) is 43.7 cm³/mol. The second-order valence-electron chi connectivity index (χ2n) is 3.35. The van der Waals surface area contributed by atoms with Crippen LogP contribution in [0.2, 0.25) is 0 Å². The molecule has 0 atom stereocenters. The van der Waals surface area contributed by atoms with Gasteiger partial charge in [-0.15, -0.1) is 0 Å². The highest BCUT2D eigenvalue weighted by Crippen LogP contribution is 2.33. The van der Waals surface area contributed by atoms with Gasteiger partial charge in [0, 0.05) is 11.3 Å². The number of nitrogens with zero attached hydrogens (tertiary/aromatic N) is 2. The molecule has 0 aliphatic heterocycles. The summed E-state index contributed by atoms with van der Waals surface area (Å²) in [6.45, 7) is 0. The minimum Gasteiger partial charge on any atom is -0.241 e. The van der Waals surface area contributed by atoms with Gasteiger partial charge in [-0.25, -0.2) is 9.97 Å². The van der Waals surface area contributed by atoms with E-state index >= 15 is 0 Å². The summed E-state index contributed by atoms with van der Waals surface area (Å²) in [6.07, 6.45) is -0.534. The molecule has 0 fully saturated rings. The number of fused-ring (bicyclic) bond motifs is 1. The fourth-order valence-corrected chi connectivity index (χ4v) is 1.77. The van der Waals surface area contributed by atoms with Gasteiger partial charge in [-0.3, -0.25) is 0 Å². The van der Waals surface area contributed by atoms with Crippen LogP contribution >= 0.6 is 0 Å². The van der Waals surface area contributed by atoms with Crippen molar-refractivity contribution in [2.24, 2.45) is 0 Å². The molecule has 0 aromatic carbocycles. The molecule has 1 aliphatic rings. The summed E-state index contributed by atoms with van der Waals surface area (Å²) >= 11 is 0. The zero-order chi connectivity index (χ0) is 10.2. The van der Waals surface area contributed by atoms with E-state index in [1.165, 1.54) is 0 Å². The molecule has 76 valence electrons. The van der Waals surface area contributed by atoms with E-state index in [4.69, 9.17) is 0 Å². The molecule has 0 amide bonds. The lowest BCUT2D eigenvalue weighted by atomic mass is 9.94. The molecule has 0 saturated heterocycles. The van der Waals surface area contributed by atoms with E-state index in [9.17, 15) is 13.2 Å². The summed E-state index contributed by atoms with van der Waals surface area (Å²) in [7, 11) is 0. The number of halogens is 3. The van der Waals surface area contributed by atoms with Crippen LogP contribution in [0.1, 0.15) is 29.8 Å². The quantitative estimate of drug-likeness (QED) is 0.645. The normalized spacial score (nSPS) is 16.5. The molecular formula is C9H9F3N2. The fourth-order valence-electron chi connectivity index (χ4n) is 1.77. The third kappa shape index (κ3) is 1.58. The van der Waals surface area contributed by atoms with Gasteiger partial charge in [-0.05, 0) is 25.7 Å². The Hall–Kier alpha value is -1.13. The number of alkyl halides is 3. The number of aryl methyl sites for hydroxylation is 1. The van der Waals surface area contributed by atoms with Crippen molar-refractivity contribution in [3.63, 3.8) is 0 Å². The average molecular weight is 202 g/mol. The second-order valence-corrected chi connectivity index (χ2v) is 3.35. The smallest absolute Gasteiger partial charge is 0.241 e. The maximum Gasteiger partial charge on any atom is 0.433 e. The maximum atomic E-state index is 12.5. The molecule has 0 saturated carbocycles. The molecular weight excluding hydrogens is 193 g/mol. The summed E-state index contributed by atoms with van der Waals surface area (Å²) in [5.41, 5.74) is 0.118. The first-order valence-corrected chi connectivity index (χ1v) is 4.49. The van der Waals surface area contributed by atoms with Crippen LogP contribution in [0.5, 0.6) is 0 Å². The minimum absolute atomic E-state index is 0.297. The van der Waals surface area contributed by atoms with Crippen LogP contribution < -0.4 is 0 Å². The van der Waals surface area contributed by atoms with E-state index in [0.717, 1.165) is 19.2 Å². The van der Waals surface area contributed by atoms with Crippen LogP contribution in [-0.4, -0.2) is 9.97 Å². The van der Waals surface area contributed by atoms with E-state index < -0.39 is 11.9 Å². The molecule has 2 nitrogen and oxygen atoms in total. The molecule has 0 N–H and O–H groups in total. The van der Waals surface area contributed by atoms with E-state index in [2.05, 4.69) is 9.97 Å². The van der Waals surface area contributed by atoms with Gasteiger partial charge < -0.3 is 0 Å². The Balaban J connectivity index is 2.51. The van der Waals surface area contributed by atoms with Crippen molar-refractivity contribution in [2.75, 3.05) is 0 Å². The van der Waals surface area contributed by atoms with E-state index in [0.29, 0.717) is 24.1 Å². The van der Waals surface area contributed by atoms with Gasteiger partial charge in [0.05, 0.1) is 0 Å². The van der Waals surface area contributed by atoms with Gasteiger partial charge in [0.2, 0.25) is 0 Å². The molecule has 14 heavy (non-hydrogen) atoms. The topological polar surface area (TPSA) is 25.8 Å². The highest BCUT2D eigenvalue weighted by molar-refractivity contribution is 5.28. The van der Waals surface area contributed by atoms with Crippen LogP contribution in [-0.2, 0) is 19.0 Å². The van der Waals surface area contributed by atoms with Gasteiger partial charge in [0.15, 0.2) is 5.69 Å². The zero-order valence-electron chi connectivity index (χ0n) is 7.43. The standard InChI is InChI=1S/C9H9F3N2/c10-9(11,12)8-6-3-1-2-4-7(6)13-5-14-8/h5H,1-4H2. The SMILES string of the molecule is FC(F)(F)c1ncnc2c1CCCC2. The molecule has 0 spiro atoms. The molecule has 5 heteroatoms. The predicted octanol–water partition coefficient (Wildman–Crippen LogP) is 2.37. The van der Waals surface area contributed by atoms with Crippen molar-refractivity contribution in [3.8, 4) is 0 Å². The number of rotatable bonds is 0. The monoisotopic (exact) mass is 202 g/mol.